The van der Waals surface area contributed by atoms with Crippen LogP contribution in [-0.2, 0) is 0 Å². The van der Waals surface area contributed by atoms with E-state index in [-0.39, 0.29) is 17.5 Å². The van der Waals surface area contributed by atoms with Crippen LogP contribution in [0.2, 0.25) is 0 Å². The Morgan fingerprint density at radius 2 is 1.75 bits per heavy atom. The van der Waals surface area contributed by atoms with E-state index in [1.165, 1.54) is 17.7 Å². The number of nitrogens with one attached hydrogen (secondary N) is 1. The molecule has 0 radical (unpaired) electrons. The highest BCUT2D eigenvalue weighted by atomic mass is 19.1. The molecule has 6 heteroatoms. The number of furan rings is 1. The molecule has 0 fully saturated rings. The molecule has 32 heavy (non-hydrogen) atoms. The second-order valence-electron chi connectivity index (χ2n) is 7.63. The Morgan fingerprint density at radius 1 is 0.875 bits per heavy atom. The van der Waals surface area contributed by atoms with E-state index in [1.54, 1.807) is 42.5 Å². The van der Waals surface area contributed by atoms with Gasteiger partial charge in [0.25, 0.3) is 5.91 Å². The van der Waals surface area contributed by atoms with Crippen molar-refractivity contribution in [3.05, 3.63) is 95.5 Å². The highest BCUT2D eigenvalue weighted by Gasteiger charge is 2.15. The Bertz CT molecular complexity index is 1470. The largest absolute Gasteiger partial charge is 0.451 e. The van der Waals surface area contributed by atoms with Gasteiger partial charge in [0.1, 0.15) is 17.1 Å². The van der Waals surface area contributed by atoms with Crippen LogP contribution in [0.5, 0.6) is 0 Å². The lowest BCUT2D eigenvalue weighted by Gasteiger charge is -2.04. The SMILES string of the molecule is Cc1ccc(-c2ccc(C(=O)Nc3ccc4oc(-c5cccc(F)c5)nc4c3)o2)cc1C. The van der Waals surface area contributed by atoms with Crippen LogP contribution in [0.3, 0.4) is 0 Å². The van der Waals surface area contributed by atoms with Crippen molar-refractivity contribution in [2.45, 2.75) is 13.8 Å². The van der Waals surface area contributed by atoms with Gasteiger partial charge in [-0.1, -0.05) is 18.2 Å². The number of hydrogen-bond donors (Lipinski definition) is 1. The first-order chi connectivity index (χ1) is 15.5. The van der Waals surface area contributed by atoms with Crippen LogP contribution >= 0.6 is 0 Å². The van der Waals surface area contributed by atoms with Crippen LogP contribution in [-0.4, -0.2) is 10.9 Å². The quantitative estimate of drug-likeness (QED) is 0.345. The fourth-order valence-corrected chi connectivity index (χ4v) is 3.45. The van der Waals surface area contributed by atoms with Crippen molar-refractivity contribution in [3.63, 3.8) is 0 Å². The number of amides is 1. The Kier molecular flexibility index (Phi) is 4.82. The first-order valence-electron chi connectivity index (χ1n) is 10.1. The standard InChI is InChI=1S/C26H19FN2O3/c1-15-6-7-17(12-16(15)2)22-10-11-24(31-22)25(30)28-20-8-9-23-21(14-20)29-26(32-23)18-4-3-5-19(27)13-18/h3-14H,1-2H3,(H,28,30). The van der Waals surface area contributed by atoms with Crippen molar-refractivity contribution in [2.75, 3.05) is 5.32 Å². The lowest BCUT2D eigenvalue weighted by molar-refractivity contribution is 0.0997. The van der Waals surface area contributed by atoms with Crippen LogP contribution in [0, 0.1) is 19.7 Å². The van der Waals surface area contributed by atoms with Crippen molar-refractivity contribution in [1.82, 2.24) is 4.98 Å². The number of benzene rings is 3. The van der Waals surface area contributed by atoms with Gasteiger partial charge in [-0.2, -0.15) is 0 Å². The molecule has 0 unspecified atom stereocenters. The van der Waals surface area contributed by atoms with Crippen molar-refractivity contribution in [3.8, 4) is 22.8 Å². The molecule has 5 nitrogen and oxygen atoms in total. The van der Waals surface area contributed by atoms with Gasteiger partial charge in [0, 0.05) is 16.8 Å². The molecular weight excluding hydrogens is 407 g/mol. The van der Waals surface area contributed by atoms with Gasteiger partial charge in [-0.05, 0) is 79.6 Å². The normalized spacial score (nSPS) is 11.1. The number of oxazole rings is 1. The molecule has 5 rings (SSSR count). The maximum atomic E-state index is 13.5. The third-order valence-corrected chi connectivity index (χ3v) is 5.34. The molecular formula is C26H19FN2O3. The number of carbonyl (C=O) groups excluding carboxylic acids is 1. The van der Waals surface area contributed by atoms with Gasteiger partial charge in [-0.3, -0.25) is 4.79 Å². The minimum absolute atomic E-state index is 0.207. The Morgan fingerprint density at radius 3 is 2.56 bits per heavy atom. The molecule has 0 saturated carbocycles. The lowest BCUT2D eigenvalue weighted by Crippen LogP contribution is -2.10. The number of aromatic nitrogens is 1. The van der Waals surface area contributed by atoms with Gasteiger partial charge in [0.2, 0.25) is 5.89 Å². The zero-order chi connectivity index (χ0) is 22.2. The van der Waals surface area contributed by atoms with Crippen LogP contribution in [0.25, 0.3) is 33.9 Å². The summed E-state index contributed by atoms with van der Waals surface area (Å²) in [6, 6.07) is 20.6. The highest BCUT2D eigenvalue weighted by Crippen LogP contribution is 2.28. The number of fused-ring (bicyclic) bond motifs is 1. The molecule has 1 N–H and O–H groups in total. The topological polar surface area (TPSA) is 68.3 Å². The molecule has 0 aliphatic heterocycles. The Labute approximate surface area is 183 Å². The van der Waals surface area contributed by atoms with E-state index in [0.29, 0.717) is 34.0 Å². The lowest BCUT2D eigenvalue weighted by atomic mass is 10.1. The van der Waals surface area contributed by atoms with Crippen molar-refractivity contribution < 1.29 is 18.0 Å². The van der Waals surface area contributed by atoms with E-state index < -0.39 is 0 Å². The number of carbonyl (C=O) groups is 1. The van der Waals surface area contributed by atoms with E-state index >= 15 is 0 Å². The molecule has 0 aliphatic carbocycles. The fraction of sp³-hybridized carbons (Fsp3) is 0.0769. The molecule has 3 aromatic carbocycles. The van der Waals surface area contributed by atoms with E-state index in [4.69, 9.17) is 8.83 Å². The van der Waals surface area contributed by atoms with Crippen LogP contribution in [0.1, 0.15) is 21.7 Å². The number of rotatable bonds is 4. The summed E-state index contributed by atoms with van der Waals surface area (Å²) in [5, 5.41) is 2.82. The summed E-state index contributed by atoms with van der Waals surface area (Å²) in [7, 11) is 0. The van der Waals surface area contributed by atoms with Gasteiger partial charge >= 0.3 is 0 Å². The van der Waals surface area contributed by atoms with E-state index in [2.05, 4.69) is 10.3 Å². The van der Waals surface area contributed by atoms with Gasteiger partial charge in [-0.15, -0.1) is 0 Å². The summed E-state index contributed by atoms with van der Waals surface area (Å²) in [4.78, 5) is 17.1. The van der Waals surface area contributed by atoms with Crippen LogP contribution < -0.4 is 5.32 Å². The van der Waals surface area contributed by atoms with Crippen LogP contribution in [0.15, 0.2) is 81.6 Å². The molecule has 158 valence electrons. The van der Waals surface area contributed by atoms with Gasteiger partial charge in [0.05, 0.1) is 0 Å². The van der Waals surface area contributed by atoms with Crippen LogP contribution in [0.4, 0.5) is 10.1 Å². The third kappa shape index (κ3) is 3.78. The van der Waals surface area contributed by atoms with E-state index in [1.807, 2.05) is 32.0 Å². The first kappa shape index (κ1) is 19.8. The molecule has 0 bridgehead atoms. The molecule has 0 aliphatic rings. The summed E-state index contributed by atoms with van der Waals surface area (Å²) in [5.74, 6) is 0.417. The fourth-order valence-electron chi connectivity index (χ4n) is 3.45. The molecule has 1 amide bonds. The monoisotopic (exact) mass is 426 g/mol. The smallest absolute Gasteiger partial charge is 0.291 e. The molecule has 0 atom stereocenters. The van der Waals surface area contributed by atoms with Gasteiger partial charge < -0.3 is 14.2 Å². The summed E-state index contributed by atoms with van der Waals surface area (Å²) in [5.41, 5.74) is 5.45. The molecule has 2 aromatic heterocycles. The van der Waals surface area contributed by atoms with Crippen molar-refractivity contribution in [1.29, 1.82) is 0 Å². The number of anilines is 1. The maximum Gasteiger partial charge on any atom is 0.291 e. The molecule has 2 heterocycles. The van der Waals surface area contributed by atoms with Gasteiger partial charge in [-0.25, -0.2) is 9.37 Å². The summed E-state index contributed by atoms with van der Waals surface area (Å²) < 4.78 is 25.0. The second kappa shape index (κ2) is 7.81. The average molecular weight is 426 g/mol. The minimum atomic E-state index is -0.367. The zero-order valence-corrected chi connectivity index (χ0v) is 17.5. The summed E-state index contributed by atoms with van der Waals surface area (Å²) in [6.07, 6.45) is 0. The number of nitrogens with zero attached hydrogens (tertiary/aromatic N) is 1. The molecule has 0 saturated heterocycles. The summed E-state index contributed by atoms with van der Waals surface area (Å²) in [6.45, 7) is 4.09. The Balaban J connectivity index is 1.37. The van der Waals surface area contributed by atoms with E-state index in [0.717, 1.165) is 11.1 Å². The molecule has 5 aromatic rings. The predicted octanol–water partition coefficient (Wildman–Crippen LogP) is 6.76. The Hall–Kier alpha value is -4.19. The van der Waals surface area contributed by atoms with Crippen molar-refractivity contribution >= 4 is 22.7 Å². The molecule has 0 spiro atoms. The first-order valence-corrected chi connectivity index (χ1v) is 10.1. The van der Waals surface area contributed by atoms with E-state index in [9.17, 15) is 9.18 Å². The van der Waals surface area contributed by atoms with Crippen molar-refractivity contribution in [2.24, 2.45) is 0 Å². The zero-order valence-electron chi connectivity index (χ0n) is 17.5. The third-order valence-electron chi connectivity index (χ3n) is 5.34. The summed E-state index contributed by atoms with van der Waals surface area (Å²) >= 11 is 0. The van der Waals surface area contributed by atoms with Gasteiger partial charge in [0.15, 0.2) is 11.3 Å². The average Bonchev–Trinajstić information content (AvgIpc) is 3.43. The highest BCUT2D eigenvalue weighted by molar-refractivity contribution is 6.03. The predicted molar refractivity (Wildman–Crippen MR) is 121 cm³/mol. The maximum absolute atomic E-state index is 13.5. The second-order valence-corrected chi connectivity index (χ2v) is 7.63. The number of halogens is 1. The number of hydrogen-bond acceptors (Lipinski definition) is 4. The minimum Gasteiger partial charge on any atom is -0.451 e. The number of aryl methyl sites for hydroxylation is 2.